The highest BCUT2D eigenvalue weighted by atomic mass is 15.2. The standard InChI is InChI=1S/C65H47N/c1-5-18-46(19-6-1)47-36-38-54(39-37-47)66(56-41-43-61-60-29-15-16-31-63(60)65(64(61)45-56,52-24-9-3-10-25-52)53-26-11-4-12-27-53)55-40-42-59(62(44-55)49-20-7-2-8-21-49)51-34-32-50(33-35-51)58-30-17-23-48-22-13-14-28-57(48)58/h1-39,41-45,55H,40H2. The molecule has 1 heteroatoms. The monoisotopic (exact) mass is 841 g/mol. The molecule has 1 unspecified atom stereocenters. The van der Waals surface area contributed by atoms with Crippen molar-refractivity contribution < 1.29 is 0 Å². The first-order valence-electron chi connectivity index (χ1n) is 23.1. The molecule has 0 saturated heterocycles. The van der Waals surface area contributed by atoms with Crippen LogP contribution in [0.3, 0.4) is 0 Å². The van der Waals surface area contributed by atoms with E-state index in [1.165, 1.54) is 88.7 Å². The molecule has 0 fully saturated rings. The van der Waals surface area contributed by atoms with Crippen LogP contribution in [0.25, 0.3) is 55.3 Å². The molecule has 0 amide bonds. The zero-order chi connectivity index (χ0) is 43.9. The Morgan fingerprint density at radius 2 is 0.848 bits per heavy atom. The van der Waals surface area contributed by atoms with Crippen LogP contribution >= 0.6 is 0 Å². The zero-order valence-corrected chi connectivity index (χ0v) is 36.6. The Balaban J connectivity index is 1.02. The van der Waals surface area contributed by atoms with Crippen LogP contribution in [0.2, 0.25) is 0 Å². The Kier molecular flexibility index (Phi) is 9.95. The van der Waals surface area contributed by atoms with Gasteiger partial charge in [-0.05, 0) is 119 Å². The van der Waals surface area contributed by atoms with E-state index in [-0.39, 0.29) is 6.04 Å². The van der Waals surface area contributed by atoms with Gasteiger partial charge in [0.25, 0.3) is 0 Å². The molecule has 1 atom stereocenters. The van der Waals surface area contributed by atoms with Gasteiger partial charge in [0.1, 0.15) is 0 Å². The molecular formula is C65H47N. The van der Waals surface area contributed by atoms with E-state index in [1.54, 1.807) is 0 Å². The van der Waals surface area contributed by atoms with Crippen molar-refractivity contribution in [1.82, 2.24) is 0 Å². The van der Waals surface area contributed by atoms with Crippen molar-refractivity contribution in [3.63, 3.8) is 0 Å². The number of rotatable bonds is 9. The summed E-state index contributed by atoms with van der Waals surface area (Å²) in [6.07, 6.45) is 5.84. The first-order chi connectivity index (χ1) is 32.7. The first-order valence-corrected chi connectivity index (χ1v) is 23.1. The Morgan fingerprint density at radius 1 is 0.348 bits per heavy atom. The molecule has 0 N–H and O–H groups in total. The third-order valence-electron chi connectivity index (χ3n) is 13.9. The van der Waals surface area contributed by atoms with Gasteiger partial charge in [0.05, 0.1) is 11.5 Å². The minimum atomic E-state index is -0.504. The molecule has 1 nitrogen and oxygen atoms in total. The van der Waals surface area contributed by atoms with E-state index in [0.29, 0.717) is 0 Å². The van der Waals surface area contributed by atoms with Gasteiger partial charge in [0.2, 0.25) is 0 Å². The lowest BCUT2D eigenvalue weighted by Crippen LogP contribution is -2.32. The highest BCUT2D eigenvalue weighted by molar-refractivity contribution is 6.07. The van der Waals surface area contributed by atoms with Gasteiger partial charge in [0, 0.05) is 11.4 Å². The topological polar surface area (TPSA) is 3.24 Å². The molecule has 2 aliphatic carbocycles. The van der Waals surface area contributed by atoms with Crippen LogP contribution in [-0.2, 0) is 5.41 Å². The maximum Gasteiger partial charge on any atom is 0.0714 e. The summed E-state index contributed by atoms with van der Waals surface area (Å²) >= 11 is 0. The minimum Gasteiger partial charge on any atom is -0.334 e. The molecule has 66 heavy (non-hydrogen) atoms. The van der Waals surface area contributed by atoms with Gasteiger partial charge in [-0.2, -0.15) is 0 Å². The minimum absolute atomic E-state index is 0.0196. The number of nitrogens with zero attached hydrogens (tertiary/aromatic N) is 1. The van der Waals surface area contributed by atoms with E-state index in [2.05, 4.69) is 272 Å². The Labute approximate surface area is 387 Å². The van der Waals surface area contributed by atoms with Crippen molar-refractivity contribution in [2.75, 3.05) is 4.90 Å². The number of allylic oxidation sites excluding steroid dienone is 2. The zero-order valence-electron chi connectivity index (χ0n) is 36.6. The lowest BCUT2D eigenvalue weighted by atomic mass is 9.67. The largest absolute Gasteiger partial charge is 0.334 e. The summed E-state index contributed by atoms with van der Waals surface area (Å²) in [4.78, 5) is 2.58. The van der Waals surface area contributed by atoms with Gasteiger partial charge >= 0.3 is 0 Å². The van der Waals surface area contributed by atoms with Crippen LogP contribution in [0.4, 0.5) is 11.4 Å². The van der Waals surface area contributed by atoms with Crippen molar-refractivity contribution in [2.45, 2.75) is 17.9 Å². The first kappa shape index (κ1) is 39.3. The van der Waals surface area contributed by atoms with Gasteiger partial charge < -0.3 is 4.90 Å². The molecule has 0 bridgehead atoms. The average molecular weight is 842 g/mol. The molecule has 0 spiro atoms. The van der Waals surface area contributed by atoms with E-state index in [9.17, 15) is 0 Å². The predicted molar refractivity (Wildman–Crippen MR) is 278 cm³/mol. The average Bonchev–Trinajstić information content (AvgIpc) is 3.70. The summed E-state index contributed by atoms with van der Waals surface area (Å²) in [5.74, 6) is 0. The molecule has 0 radical (unpaired) electrons. The highest BCUT2D eigenvalue weighted by Crippen LogP contribution is 2.57. The summed E-state index contributed by atoms with van der Waals surface area (Å²) in [6, 6.07) is 93.8. The number of anilines is 2. The SMILES string of the molecule is C1=C(c2ccccc2)C(c2ccc(-c3cccc4ccccc34)cc2)=CCC1N(c1ccc(-c2ccccc2)cc1)c1ccc2c(c1)C(c1ccccc1)(c1ccccc1)c1ccccc1-2. The van der Waals surface area contributed by atoms with Crippen LogP contribution in [0.5, 0.6) is 0 Å². The Morgan fingerprint density at radius 3 is 1.56 bits per heavy atom. The molecule has 0 heterocycles. The van der Waals surface area contributed by atoms with Crippen molar-refractivity contribution in [1.29, 1.82) is 0 Å². The Hall–Kier alpha value is -8.26. The lowest BCUT2D eigenvalue weighted by molar-refractivity contribution is 0.761. The van der Waals surface area contributed by atoms with Gasteiger partial charge in [-0.3, -0.25) is 0 Å². The van der Waals surface area contributed by atoms with Gasteiger partial charge in [0.15, 0.2) is 0 Å². The normalized spacial score (nSPS) is 14.8. The van der Waals surface area contributed by atoms with Crippen LogP contribution in [0, 0.1) is 0 Å². The second kappa shape index (κ2) is 16.7. The van der Waals surface area contributed by atoms with E-state index < -0.39 is 5.41 Å². The quantitative estimate of drug-likeness (QED) is 0.140. The summed E-state index contributed by atoms with van der Waals surface area (Å²) in [7, 11) is 0. The Bertz CT molecular complexity index is 3360. The van der Waals surface area contributed by atoms with E-state index in [4.69, 9.17) is 0 Å². The molecule has 0 saturated carbocycles. The molecular weight excluding hydrogens is 795 g/mol. The smallest absolute Gasteiger partial charge is 0.0714 e. The number of benzene rings is 10. The number of hydrogen-bond donors (Lipinski definition) is 0. The van der Waals surface area contributed by atoms with Gasteiger partial charge in [-0.25, -0.2) is 0 Å². The lowest BCUT2D eigenvalue weighted by Gasteiger charge is -2.37. The molecule has 10 aromatic carbocycles. The predicted octanol–water partition coefficient (Wildman–Crippen LogP) is 16.6. The number of fused-ring (bicyclic) bond motifs is 4. The third-order valence-corrected chi connectivity index (χ3v) is 13.9. The van der Waals surface area contributed by atoms with Crippen molar-refractivity contribution in [3.05, 3.63) is 300 Å². The molecule has 0 aromatic heterocycles. The second-order valence-electron chi connectivity index (χ2n) is 17.5. The van der Waals surface area contributed by atoms with Crippen molar-refractivity contribution >= 4 is 33.3 Å². The van der Waals surface area contributed by atoms with Crippen LogP contribution in [-0.4, -0.2) is 6.04 Å². The fourth-order valence-corrected chi connectivity index (χ4v) is 10.9. The number of hydrogen-bond acceptors (Lipinski definition) is 1. The van der Waals surface area contributed by atoms with E-state index in [0.717, 1.165) is 17.8 Å². The molecule has 12 rings (SSSR count). The summed E-state index contributed by atoms with van der Waals surface area (Å²) < 4.78 is 0. The highest BCUT2D eigenvalue weighted by Gasteiger charge is 2.46. The van der Waals surface area contributed by atoms with Gasteiger partial charge in [-0.15, -0.1) is 0 Å². The maximum atomic E-state index is 2.58. The van der Waals surface area contributed by atoms with Crippen LogP contribution in [0.15, 0.2) is 267 Å². The summed E-state index contributed by atoms with van der Waals surface area (Å²) in [5.41, 5.74) is 19.4. The van der Waals surface area contributed by atoms with E-state index >= 15 is 0 Å². The van der Waals surface area contributed by atoms with Crippen LogP contribution < -0.4 is 4.90 Å². The second-order valence-corrected chi connectivity index (χ2v) is 17.5. The van der Waals surface area contributed by atoms with Crippen molar-refractivity contribution in [3.8, 4) is 33.4 Å². The summed E-state index contributed by atoms with van der Waals surface area (Å²) in [6.45, 7) is 0. The molecule has 10 aromatic rings. The molecule has 2 aliphatic rings. The van der Waals surface area contributed by atoms with Gasteiger partial charge in [-0.1, -0.05) is 243 Å². The molecule has 0 aliphatic heterocycles. The maximum absolute atomic E-state index is 2.58. The summed E-state index contributed by atoms with van der Waals surface area (Å²) in [5, 5.41) is 2.53. The van der Waals surface area contributed by atoms with Crippen molar-refractivity contribution in [2.24, 2.45) is 0 Å². The molecule has 312 valence electrons. The fourth-order valence-electron chi connectivity index (χ4n) is 10.9. The van der Waals surface area contributed by atoms with Crippen LogP contribution in [0.1, 0.15) is 39.8 Å². The fraction of sp³-hybridized carbons (Fsp3) is 0.0462. The third kappa shape index (κ3) is 6.71. The van der Waals surface area contributed by atoms with E-state index in [1.807, 2.05) is 0 Å².